The molecular weight excluding hydrogens is 416 g/mol. The van der Waals surface area contributed by atoms with Gasteiger partial charge in [0.05, 0.1) is 6.54 Å². The number of imide groups is 1. The summed E-state index contributed by atoms with van der Waals surface area (Å²) < 4.78 is 0. The Hall–Kier alpha value is -3.45. The molecule has 2 saturated heterocycles. The lowest BCUT2D eigenvalue weighted by atomic mass is 10.1. The summed E-state index contributed by atoms with van der Waals surface area (Å²) in [6.45, 7) is 4.13. The highest BCUT2D eigenvalue weighted by Gasteiger charge is 2.38. The van der Waals surface area contributed by atoms with Crippen LogP contribution in [-0.2, 0) is 16.1 Å². The summed E-state index contributed by atoms with van der Waals surface area (Å²) in [6.07, 6.45) is 4.85. The van der Waals surface area contributed by atoms with E-state index in [-0.39, 0.29) is 24.8 Å². The van der Waals surface area contributed by atoms with Gasteiger partial charge in [0, 0.05) is 39.1 Å². The van der Waals surface area contributed by atoms with Gasteiger partial charge in [0.2, 0.25) is 5.91 Å². The smallest absolute Gasteiger partial charge is 0.325 e. The topological polar surface area (TPSA) is 73.0 Å². The van der Waals surface area contributed by atoms with Crippen molar-refractivity contribution in [2.75, 3.05) is 32.7 Å². The van der Waals surface area contributed by atoms with E-state index in [4.69, 9.17) is 0 Å². The summed E-state index contributed by atoms with van der Waals surface area (Å²) >= 11 is 0. The fraction of sp³-hybridized carbons (Fsp3) is 0.346. The van der Waals surface area contributed by atoms with Gasteiger partial charge in [-0.3, -0.25) is 19.4 Å². The molecule has 4 rings (SSSR count). The molecule has 1 N–H and O–H groups in total. The number of nitrogens with zero attached hydrogens (tertiary/aromatic N) is 3. The Kier molecular flexibility index (Phi) is 7.52. The molecule has 33 heavy (non-hydrogen) atoms. The average Bonchev–Trinajstić information content (AvgIpc) is 3.12. The van der Waals surface area contributed by atoms with Crippen molar-refractivity contribution >= 4 is 23.9 Å². The number of benzene rings is 2. The van der Waals surface area contributed by atoms with E-state index >= 15 is 0 Å². The number of hydrogen-bond donors (Lipinski definition) is 1. The Morgan fingerprint density at radius 2 is 1.61 bits per heavy atom. The van der Waals surface area contributed by atoms with Crippen LogP contribution in [0.15, 0.2) is 66.7 Å². The number of carbonyl (C=O) groups excluding carboxylic acids is 3. The first-order chi connectivity index (χ1) is 16.1. The lowest BCUT2D eigenvalue weighted by molar-refractivity contribution is -0.133. The fourth-order valence-electron chi connectivity index (χ4n) is 4.20. The van der Waals surface area contributed by atoms with Gasteiger partial charge in [-0.25, -0.2) is 4.79 Å². The normalized spacial score (nSPS) is 19.3. The molecule has 0 bridgehead atoms. The van der Waals surface area contributed by atoms with E-state index in [2.05, 4.69) is 34.5 Å². The largest absolute Gasteiger partial charge is 0.340 e. The highest BCUT2D eigenvalue weighted by atomic mass is 16.2. The number of nitrogens with one attached hydrogen (secondary N) is 1. The van der Waals surface area contributed by atoms with Crippen LogP contribution in [0.5, 0.6) is 0 Å². The van der Waals surface area contributed by atoms with E-state index in [0.29, 0.717) is 19.5 Å². The third-order valence-corrected chi connectivity index (χ3v) is 6.14. The second-order valence-corrected chi connectivity index (χ2v) is 8.45. The zero-order valence-electron chi connectivity index (χ0n) is 18.7. The Bertz CT molecular complexity index is 985. The second kappa shape index (κ2) is 10.9. The molecule has 7 heteroatoms. The van der Waals surface area contributed by atoms with Gasteiger partial charge in [-0.1, -0.05) is 72.8 Å². The zero-order valence-corrected chi connectivity index (χ0v) is 18.7. The molecule has 0 aliphatic carbocycles. The van der Waals surface area contributed by atoms with Gasteiger partial charge in [0.15, 0.2) is 0 Å². The molecule has 0 spiro atoms. The van der Waals surface area contributed by atoms with Gasteiger partial charge >= 0.3 is 6.03 Å². The van der Waals surface area contributed by atoms with Crippen molar-refractivity contribution in [3.63, 3.8) is 0 Å². The first-order valence-corrected chi connectivity index (χ1v) is 11.5. The third kappa shape index (κ3) is 6.08. The minimum Gasteiger partial charge on any atom is -0.340 e. The molecule has 0 radical (unpaired) electrons. The Balaban J connectivity index is 1.18. The predicted octanol–water partition coefficient (Wildman–Crippen LogP) is 2.74. The van der Waals surface area contributed by atoms with Crippen LogP contribution in [0.25, 0.3) is 6.08 Å². The monoisotopic (exact) mass is 446 g/mol. The van der Waals surface area contributed by atoms with Crippen LogP contribution in [0.4, 0.5) is 4.79 Å². The number of rotatable bonds is 8. The molecule has 2 aliphatic heterocycles. The van der Waals surface area contributed by atoms with E-state index in [0.717, 1.165) is 25.2 Å². The van der Waals surface area contributed by atoms with Crippen LogP contribution in [0.1, 0.15) is 24.0 Å². The minimum absolute atomic E-state index is 0.0398. The van der Waals surface area contributed by atoms with Crippen molar-refractivity contribution in [3.8, 4) is 0 Å². The van der Waals surface area contributed by atoms with Crippen LogP contribution < -0.4 is 5.32 Å². The van der Waals surface area contributed by atoms with E-state index in [1.807, 2.05) is 53.4 Å². The molecule has 0 aromatic heterocycles. The summed E-state index contributed by atoms with van der Waals surface area (Å²) in [5.74, 6) is -0.218. The van der Waals surface area contributed by atoms with Crippen molar-refractivity contribution in [3.05, 3.63) is 77.9 Å². The van der Waals surface area contributed by atoms with Crippen LogP contribution in [0.3, 0.4) is 0 Å². The van der Waals surface area contributed by atoms with E-state index in [1.165, 1.54) is 10.5 Å². The van der Waals surface area contributed by atoms with Crippen LogP contribution >= 0.6 is 0 Å². The lowest BCUT2D eigenvalue weighted by Gasteiger charge is -2.34. The molecule has 7 nitrogen and oxygen atoms in total. The summed E-state index contributed by atoms with van der Waals surface area (Å²) in [7, 11) is 0. The maximum Gasteiger partial charge on any atom is 0.325 e. The molecule has 2 fully saturated rings. The maximum atomic E-state index is 12.7. The molecule has 2 aromatic carbocycles. The zero-order chi connectivity index (χ0) is 23.0. The Labute approximate surface area is 194 Å². The van der Waals surface area contributed by atoms with Crippen molar-refractivity contribution < 1.29 is 14.4 Å². The molecule has 4 amide bonds. The van der Waals surface area contributed by atoms with Gasteiger partial charge in [-0.15, -0.1) is 0 Å². The molecule has 172 valence electrons. The quantitative estimate of drug-likeness (QED) is 0.633. The van der Waals surface area contributed by atoms with Crippen molar-refractivity contribution in [1.29, 1.82) is 0 Å². The van der Waals surface area contributed by atoms with Gasteiger partial charge in [-0.2, -0.15) is 0 Å². The van der Waals surface area contributed by atoms with Gasteiger partial charge in [-0.05, 0) is 17.5 Å². The van der Waals surface area contributed by atoms with Gasteiger partial charge in [0.1, 0.15) is 6.04 Å². The summed E-state index contributed by atoms with van der Waals surface area (Å²) in [5.41, 5.74) is 2.08. The van der Waals surface area contributed by atoms with Gasteiger partial charge in [0.25, 0.3) is 5.91 Å². The predicted molar refractivity (Wildman–Crippen MR) is 127 cm³/mol. The van der Waals surface area contributed by atoms with E-state index in [1.54, 1.807) is 0 Å². The van der Waals surface area contributed by atoms with Crippen molar-refractivity contribution in [1.82, 2.24) is 20.0 Å². The lowest BCUT2D eigenvalue weighted by Crippen LogP contribution is -2.48. The van der Waals surface area contributed by atoms with E-state index < -0.39 is 12.1 Å². The molecule has 2 aromatic rings. The van der Waals surface area contributed by atoms with Crippen molar-refractivity contribution in [2.45, 2.75) is 25.4 Å². The molecule has 2 aliphatic rings. The number of amides is 4. The second-order valence-electron chi connectivity index (χ2n) is 8.45. The highest BCUT2D eigenvalue weighted by molar-refractivity contribution is 6.04. The standard InChI is InChI=1S/C26H30N4O3/c31-24(29-18-16-28(17-19-29)15-7-12-21-8-3-1-4-9-21)14-13-23-25(32)30(26(33)27-23)20-22-10-5-2-6-11-22/h1-12,23H,13-20H2,(H,27,33)/b12-7+/t23-/m0/s1. The van der Waals surface area contributed by atoms with Crippen LogP contribution in [0.2, 0.25) is 0 Å². The minimum atomic E-state index is -0.630. The summed E-state index contributed by atoms with van der Waals surface area (Å²) in [6, 6.07) is 18.6. The average molecular weight is 447 g/mol. The van der Waals surface area contributed by atoms with Gasteiger partial charge < -0.3 is 10.2 Å². The molecule has 1 atom stereocenters. The number of urea groups is 1. The highest BCUT2D eigenvalue weighted by Crippen LogP contribution is 2.16. The molecular formula is C26H30N4O3. The molecule has 0 unspecified atom stereocenters. The van der Waals surface area contributed by atoms with Crippen molar-refractivity contribution in [2.24, 2.45) is 0 Å². The molecule has 0 saturated carbocycles. The van der Waals surface area contributed by atoms with Crippen LogP contribution in [0, 0.1) is 0 Å². The first kappa shape index (κ1) is 22.7. The third-order valence-electron chi connectivity index (χ3n) is 6.14. The molecule has 2 heterocycles. The SMILES string of the molecule is O=C(CC[C@@H]1NC(=O)N(Cc2ccccc2)C1=O)N1CCN(C/C=C/c2ccccc2)CC1. The summed E-state index contributed by atoms with van der Waals surface area (Å²) in [5, 5.41) is 2.73. The number of piperazine rings is 1. The Morgan fingerprint density at radius 1 is 0.939 bits per heavy atom. The Morgan fingerprint density at radius 3 is 2.30 bits per heavy atom. The first-order valence-electron chi connectivity index (χ1n) is 11.5. The fourth-order valence-corrected chi connectivity index (χ4v) is 4.20. The number of hydrogen-bond acceptors (Lipinski definition) is 4. The number of carbonyl (C=O) groups is 3. The maximum absolute atomic E-state index is 12.7. The van der Waals surface area contributed by atoms with E-state index in [9.17, 15) is 14.4 Å². The van der Waals surface area contributed by atoms with Crippen LogP contribution in [-0.4, -0.2) is 71.3 Å². The summed E-state index contributed by atoms with van der Waals surface area (Å²) in [4.78, 5) is 43.0.